The number of hydrogen-bond acceptors (Lipinski definition) is 2. The van der Waals surface area contributed by atoms with Gasteiger partial charge in [-0.15, -0.1) is 0 Å². The van der Waals surface area contributed by atoms with Gasteiger partial charge in [0.05, 0.1) is 5.52 Å². The summed E-state index contributed by atoms with van der Waals surface area (Å²) in [6.07, 6.45) is 8.40. The van der Waals surface area contributed by atoms with E-state index in [1.54, 1.807) is 24.3 Å². The lowest BCUT2D eigenvalue weighted by atomic mass is 9.53. The van der Waals surface area contributed by atoms with Gasteiger partial charge in [0.2, 0.25) is 0 Å². The van der Waals surface area contributed by atoms with Gasteiger partial charge < -0.3 is 10.2 Å². The van der Waals surface area contributed by atoms with Crippen LogP contribution in [0.1, 0.15) is 50.0 Å². The number of carbonyl (C=O) groups excluding carboxylic acids is 1. The minimum absolute atomic E-state index is 0.0787. The summed E-state index contributed by atoms with van der Waals surface area (Å²) in [4.78, 5) is 18.9. The van der Waals surface area contributed by atoms with E-state index in [1.165, 1.54) is 11.6 Å². The zero-order chi connectivity index (χ0) is 22.3. The Bertz CT molecular complexity index is 1130. The number of hydrogen-bond donors (Lipinski definition) is 1. The molecule has 2 aliphatic rings. The van der Waals surface area contributed by atoms with Crippen LogP contribution >= 0.6 is 11.6 Å². The molecule has 0 aliphatic heterocycles. The van der Waals surface area contributed by atoms with E-state index in [0.29, 0.717) is 16.4 Å². The first kappa shape index (κ1) is 21.2. The van der Waals surface area contributed by atoms with Crippen molar-refractivity contribution in [3.8, 4) is 0 Å². The molecular formula is C26H27ClFN3O. The van der Waals surface area contributed by atoms with E-state index >= 15 is 0 Å². The highest BCUT2D eigenvalue weighted by molar-refractivity contribution is 6.30. The van der Waals surface area contributed by atoms with Crippen molar-refractivity contribution in [3.05, 3.63) is 71.1 Å². The number of nitrogens with one attached hydrogen (secondary N) is 1. The van der Waals surface area contributed by atoms with Crippen molar-refractivity contribution in [2.24, 2.45) is 5.41 Å². The first-order valence-corrected chi connectivity index (χ1v) is 11.6. The number of benzene rings is 2. The van der Waals surface area contributed by atoms with Crippen LogP contribution in [0, 0.1) is 11.2 Å². The molecular weight excluding hydrogens is 425 g/mol. The highest BCUT2D eigenvalue weighted by atomic mass is 35.5. The molecule has 1 N–H and O–H groups in total. The van der Waals surface area contributed by atoms with E-state index in [2.05, 4.69) is 16.4 Å². The molecule has 0 saturated heterocycles. The van der Waals surface area contributed by atoms with Crippen molar-refractivity contribution >= 4 is 34.2 Å². The predicted octanol–water partition coefficient (Wildman–Crippen LogP) is 7.00. The van der Waals surface area contributed by atoms with Crippen LogP contribution in [-0.2, 0) is 0 Å². The monoisotopic (exact) mass is 451 g/mol. The third-order valence-corrected chi connectivity index (χ3v) is 7.77. The summed E-state index contributed by atoms with van der Waals surface area (Å²) >= 11 is 5.92. The van der Waals surface area contributed by atoms with Crippen molar-refractivity contribution in [1.29, 1.82) is 0 Å². The Kier molecular flexibility index (Phi) is 5.54. The molecule has 0 atom stereocenters. The standard InChI is InChI=1S/C26H27ClFN3O/c1-31(25(32)30-20-5-2-18(27)3-6-20)21-8-11-26(12-9-21)15-17(16-26)22-10-13-29-24-7-4-19(28)14-23(22)24/h2-7,10,13-14,17,21H,8-9,11-12,15-16H2,1H3,(H,30,32). The van der Waals surface area contributed by atoms with Crippen LogP contribution in [0.4, 0.5) is 14.9 Å². The number of nitrogens with zero attached hydrogens (tertiary/aromatic N) is 2. The van der Waals surface area contributed by atoms with Crippen molar-refractivity contribution in [1.82, 2.24) is 9.88 Å². The average molecular weight is 452 g/mol. The second-order valence-corrected chi connectivity index (χ2v) is 9.88. The topological polar surface area (TPSA) is 45.2 Å². The van der Waals surface area contributed by atoms with Gasteiger partial charge >= 0.3 is 6.03 Å². The zero-order valence-electron chi connectivity index (χ0n) is 18.2. The van der Waals surface area contributed by atoms with Crippen LogP contribution in [0.2, 0.25) is 5.02 Å². The molecule has 3 aromatic rings. The molecule has 166 valence electrons. The maximum Gasteiger partial charge on any atom is 0.321 e. The van der Waals surface area contributed by atoms with Gasteiger partial charge in [0.15, 0.2) is 0 Å². The van der Waals surface area contributed by atoms with Gasteiger partial charge in [-0.3, -0.25) is 4.98 Å². The Morgan fingerprint density at radius 3 is 2.56 bits per heavy atom. The highest BCUT2D eigenvalue weighted by Gasteiger charge is 2.47. The number of halogens is 2. The number of rotatable bonds is 3. The molecule has 0 unspecified atom stereocenters. The van der Waals surface area contributed by atoms with Gasteiger partial charge in [-0.05, 0) is 104 Å². The number of urea groups is 1. The fraction of sp³-hybridized carbons (Fsp3) is 0.385. The number of carbonyl (C=O) groups is 1. The number of fused-ring (bicyclic) bond motifs is 1. The number of anilines is 1. The van der Waals surface area contributed by atoms with Gasteiger partial charge in [-0.1, -0.05) is 11.6 Å². The first-order chi connectivity index (χ1) is 15.4. The molecule has 5 rings (SSSR count). The van der Waals surface area contributed by atoms with Gasteiger partial charge in [0, 0.05) is 35.4 Å². The van der Waals surface area contributed by atoms with Crippen molar-refractivity contribution in [3.63, 3.8) is 0 Å². The molecule has 0 radical (unpaired) electrons. The molecule has 2 fully saturated rings. The molecule has 2 amide bonds. The molecule has 0 bridgehead atoms. The molecule has 6 heteroatoms. The highest BCUT2D eigenvalue weighted by Crippen LogP contribution is 2.59. The quantitative estimate of drug-likeness (QED) is 0.466. The van der Waals surface area contributed by atoms with Crippen molar-refractivity contribution < 1.29 is 9.18 Å². The second-order valence-electron chi connectivity index (χ2n) is 9.45. The van der Waals surface area contributed by atoms with E-state index in [-0.39, 0.29) is 17.9 Å². The molecule has 32 heavy (non-hydrogen) atoms. The SMILES string of the molecule is CN(C(=O)Nc1ccc(Cl)cc1)C1CCC2(CC1)CC(c1ccnc3ccc(F)cc13)C2. The third-order valence-electron chi connectivity index (χ3n) is 7.52. The fourth-order valence-electron chi connectivity index (χ4n) is 5.62. The molecule has 2 saturated carbocycles. The van der Waals surface area contributed by atoms with Crippen LogP contribution in [0.25, 0.3) is 10.9 Å². The third kappa shape index (κ3) is 4.06. The fourth-order valence-corrected chi connectivity index (χ4v) is 5.75. The van der Waals surface area contributed by atoms with E-state index in [1.807, 2.05) is 30.3 Å². The molecule has 2 aromatic carbocycles. The maximum atomic E-state index is 13.8. The summed E-state index contributed by atoms with van der Waals surface area (Å²) in [7, 11) is 1.88. The second kappa shape index (κ2) is 8.36. The lowest BCUT2D eigenvalue weighted by Crippen LogP contribution is -2.46. The van der Waals surface area contributed by atoms with Crippen LogP contribution in [0.5, 0.6) is 0 Å². The minimum Gasteiger partial charge on any atom is -0.325 e. The van der Waals surface area contributed by atoms with Crippen molar-refractivity contribution in [2.45, 2.75) is 50.5 Å². The van der Waals surface area contributed by atoms with Crippen LogP contribution in [0.3, 0.4) is 0 Å². The number of aromatic nitrogens is 1. The summed E-state index contributed by atoms with van der Waals surface area (Å²) in [6, 6.07) is 14.3. The van der Waals surface area contributed by atoms with Gasteiger partial charge in [-0.25, -0.2) is 9.18 Å². The minimum atomic E-state index is -0.207. The Labute approximate surface area is 192 Å². The van der Waals surface area contributed by atoms with E-state index in [4.69, 9.17) is 11.6 Å². The van der Waals surface area contributed by atoms with Gasteiger partial charge in [0.25, 0.3) is 0 Å². The molecule has 1 aromatic heterocycles. The zero-order valence-corrected chi connectivity index (χ0v) is 18.9. The molecule has 1 spiro atoms. The van der Waals surface area contributed by atoms with Gasteiger partial charge in [-0.2, -0.15) is 0 Å². The summed E-state index contributed by atoms with van der Waals surface area (Å²) < 4.78 is 13.8. The average Bonchev–Trinajstić information content (AvgIpc) is 2.78. The maximum absolute atomic E-state index is 13.8. The Morgan fingerprint density at radius 2 is 1.84 bits per heavy atom. The lowest BCUT2D eigenvalue weighted by Gasteiger charge is -2.53. The van der Waals surface area contributed by atoms with Crippen LogP contribution in [-0.4, -0.2) is 29.0 Å². The Hall–Kier alpha value is -2.66. The van der Waals surface area contributed by atoms with Gasteiger partial charge in [0.1, 0.15) is 5.82 Å². The number of amides is 2. The largest absolute Gasteiger partial charge is 0.325 e. The summed E-state index contributed by atoms with van der Waals surface area (Å²) in [5.74, 6) is 0.256. The molecule has 2 aliphatic carbocycles. The molecule has 1 heterocycles. The normalized spacial score (nSPS) is 24.8. The van der Waals surface area contributed by atoms with E-state index in [9.17, 15) is 9.18 Å². The lowest BCUT2D eigenvalue weighted by molar-refractivity contribution is 0.0278. The van der Waals surface area contributed by atoms with Crippen LogP contribution in [0.15, 0.2) is 54.7 Å². The summed E-state index contributed by atoms with van der Waals surface area (Å²) in [5.41, 5.74) is 3.20. The smallest absolute Gasteiger partial charge is 0.321 e. The Morgan fingerprint density at radius 1 is 1.12 bits per heavy atom. The van der Waals surface area contributed by atoms with Crippen LogP contribution < -0.4 is 5.32 Å². The number of pyridine rings is 1. The summed E-state index contributed by atoms with van der Waals surface area (Å²) in [6.45, 7) is 0. The van der Waals surface area contributed by atoms with Crippen molar-refractivity contribution in [2.75, 3.05) is 12.4 Å². The molecule has 4 nitrogen and oxygen atoms in total. The van der Waals surface area contributed by atoms with E-state index < -0.39 is 0 Å². The first-order valence-electron chi connectivity index (χ1n) is 11.3. The van der Waals surface area contributed by atoms with E-state index in [0.717, 1.165) is 55.1 Å². The predicted molar refractivity (Wildman–Crippen MR) is 127 cm³/mol. The summed E-state index contributed by atoms with van der Waals surface area (Å²) in [5, 5.41) is 4.55. The Balaban J connectivity index is 1.18.